The molecule has 1 unspecified atom stereocenters. The van der Waals surface area contributed by atoms with Crippen molar-refractivity contribution in [2.24, 2.45) is 11.7 Å². The second kappa shape index (κ2) is 6.59. The Morgan fingerprint density at radius 2 is 1.94 bits per heavy atom. The molecule has 98 valence electrons. The molecule has 1 aliphatic carbocycles. The third kappa shape index (κ3) is 4.73. The number of carbonyl (C=O) groups is 2. The molecule has 0 spiro atoms. The van der Waals surface area contributed by atoms with Gasteiger partial charge in [0.2, 0.25) is 5.91 Å². The van der Waals surface area contributed by atoms with E-state index in [2.05, 4.69) is 0 Å². The number of nitrogens with zero attached hydrogens (tertiary/aromatic N) is 1. The number of hydrogen-bond donors (Lipinski definition) is 2. The number of carboxylic acids is 1. The second-order valence-corrected chi connectivity index (χ2v) is 4.93. The topological polar surface area (TPSA) is 83.6 Å². The molecule has 0 radical (unpaired) electrons. The van der Waals surface area contributed by atoms with Crippen LogP contribution in [0.15, 0.2) is 0 Å². The molecule has 1 rings (SSSR count). The minimum Gasteiger partial charge on any atom is -0.481 e. The zero-order chi connectivity index (χ0) is 12.8. The Labute approximate surface area is 102 Å². The van der Waals surface area contributed by atoms with Crippen LogP contribution < -0.4 is 5.73 Å². The molecule has 5 nitrogen and oxygen atoms in total. The van der Waals surface area contributed by atoms with Gasteiger partial charge < -0.3 is 15.7 Å². The van der Waals surface area contributed by atoms with Crippen molar-refractivity contribution in [3.8, 4) is 0 Å². The number of carboxylic acid groups (broad SMARTS) is 1. The Kier molecular flexibility index (Phi) is 5.41. The van der Waals surface area contributed by atoms with Gasteiger partial charge in [0.25, 0.3) is 0 Å². The average Bonchev–Trinajstić information content (AvgIpc) is 2.28. The van der Waals surface area contributed by atoms with Crippen LogP contribution in [-0.4, -0.2) is 41.5 Å². The van der Waals surface area contributed by atoms with Gasteiger partial charge in [0.15, 0.2) is 0 Å². The Morgan fingerprint density at radius 3 is 2.47 bits per heavy atom. The van der Waals surface area contributed by atoms with Gasteiger partial charge in [-0.05, 0) is 18.8 Å². The van der Waals surface area contributed by atoms with Gasteiger partial charge >= 0.3 is 5.97 Å². The van der Waals surface area contributed by atoms with Crippen LogP contribution in [0.3, 0.4) is 0 Å². The van der Waals surface area contributed by atoms with Gasteiger partial charge in [0.1, 0.15) is 0 Å². The molecule has 17 heavy (non-hydrogen) atoms. The van der Waals surface area contributed by atoms with E-state index in [0.29, 0.717) is 12.5 Å². The number of aliphatic carboxylic acids is 1. The summed E-state index contributed by atoms with van der Waals surface area (Å²) in [7, 11) is 1.71. The Morgan fingerprint density at radius 1 is 1.35 bits per heavy atom. The average molecular weight is 242 g/mol. The van der Waals surface area contributed by atoms with E-state index in [9.17, 15) is 9.59 Å². The summed E-state index contributed by atoms with van der Waals surface area (Å²) in [5.74, 6) is -0.746. The van der Waals surface area contributed by atoms with E-state index in [1.807, 2.05) is 0 Å². The van der Waals surface area contributed by atoms with Crippen LogP contribution >= 0.6 is 0 Å². The van der Waals surface area contributed by atoms with Crippen molar-refractivity contribution in [1.29, 1.82) is 0 Å². The molecule has 0 saturated heterocycles. The molecule has 0 aliphatic heterocycles. The number of carbonyl (C=O) groups excluding carboxylic acids is 1. The van der Waals surface area contributed by atoms with E-state index in [4.69, 9.17) is 10.8 Å². The first kappa shape index (κ1) is 14.0. The normalized spacial score (nSPS) is 18.7. The van der Waals surface area contributed by atoms with Crippen molar-refractivity contribution in [2.75, 3.05) is 13.6 Å². The van der Waals surface area contributed by atoms with Crippen LogP contribution in [0.25, 0.3) is 0 Å². The fraction of sp³-hybridized carbons (Fsp3) is 0.833. The van der Waals surface area contributed by atoms with Crippen LogP contribution in [-0.2, 0) is 9.59 Å². The monoisotopic (exact) mass is 242 g/mol. The summed E-state index contributed by atoms with van der Waals surface area (Å²) in [5, 5.41) is 8.59. The Hall–Kier alpha value is -1.10. The molecule has 0 heterocycles. The van der Waals surface area contributed by atoms with Gasteiger partial charge in [0, 0.05) is 13.6 Å². The first-order valence-corrected chi connectivity index (χ1v) is 6.23. The van der Waals surface area contributed by atoms with E-state index >= 15 is 0 Å². The predicted octanol–water partition coefficient (Wildman–Crippen LogP) is 0.827. The fourth-order valence-corrected chi connectivity index (χ4v) is 2.41. The molecule has 0 aromatic carbocycles. The van der Waals surface area contributed by atoms with Gasteiger partial charge in [-0.2, -0.15) is 0 Å². The Bertz CT molecular complexity index is 275. The number of nitrogens with two attached hydrogens (primary N) is 1. The third-order valence-electron chi connectivity index (χ3n) is 3.34. The number of rotatable bonds is 5. The van der Waals surface area contributed by atoms with Gasteiger partial charge in [-0.25, -0.2) is 0 Å². The van der Waals surface area contributed by atoms with Gasteiger partial charge in [-0.3, -0.25) is 9.59 Å². The third-order valence-corrected chi connectivity index (χ3v) is 3.34. The van der Waals surface area contributed by atoms with Crippen molar-refractivity contribution in [2.45, 2.75) is 44.6 Å². The zero-order valence-electron chi connectivity index (χ0n) is 10.4. The summed E-state index contributed by atoms with van der Waals surface area (Å²) in [4.78, 5) is 23.9. The first-order chi connectivity index (χ1) is 8.00. The van der Waals surface area contributed by atoms with E-state index in [0.717, 1.165) is 12.8 Å². The minimum absolute atomic E-state index is 0.266. The predicted molar refractivity (Wildman–Crippen MR) is 64.4 cm³/mol. The highest BCUT2D eigenvalue weighted by molar-refractivity contribution is 5.85. The summed E-state index contributed by atoms with van der Waals surface area (Å²) in [6, 6.07) is -0.916. The summed E-state index contributed by atoms with van der Waals surface area (Å²) < 4.78 is 0. The zero-order valence-corrected chi connectivity index (χ0v) is 10.4. The maximum Gasteiger partial charge on any atom is 0.305 e. The van der Waals surface area contributed by atoms with Crippen molar-refractivity contribution in [3.63, 3.8) is 0 Å². The van der Waals surface area contributed by atoms with E-state index in [-0.39, 0.29) is 12.3 Å². The van der Waals surface area contributed by atoms with E-state index < -0.39 is 12.0 Å². The molecule has 0 aromatic rings. The van der Waals surface area contributed by atoms with E-state index in [1.54, 1.807) is 11.9 Å². The van der Waals surface area contributed by atoms with E-state index in [1.165, 1.54) is 19.3 Å². The van der Waals surface area contributed by atoms with Crippen molar-refractivity contribution in [1.82, 2.24) is 4.90 Å². The Balaban J connectivity index is 2.37. The lowest BCUT2D eigenvalue weighted by Gasteiger charge is -2.28. The van der Waals surface area contributed by atoms with Crippen molar-refractivity contribution >= 4 is 11.9 Å². The number of hydrogen-bond acceptors (Lipinski definition) is 3. The molecule has 1 fully saturated rings. The summed E-state index contributed by atoms with van der Waals surface area (Å²) in [6.45, 7) is 0.701. The SMILES string of the molecule is CN(CC1CCCCC1)C(=O)C(N)CC(=O)O. The minimum atomic E-state index is -1.03. The molecule has 1 atom stereocenters. The molecule has 1 saturated carbocycles. The lowest BCUT2D eigenvalue weighted by Crippen LogP contribution is -2.44. The van der Waals surface area contributed by atoms with Crippen LogP contribution in [0, 0.1) is 5.92 Å². The van der Waals surface area contributed by atoms with Gasteiger partial charge in [-0.15, -0.1) is 0 Å². The van der Waals surface area contributed by atoms with Crippen LogP contribution in [0.4, 0.5) is 0 Å². The molecule has 1 amide bonds. The smallest absolute Gasteiger partial charge is 0.305 e. The summed E-state index contributed by atoms with van der Waals surface area (Å²) in [6.07, 6.45) is 5.76. The highest BCUT2D eigenvalue weighted by Crippen LogP contribution is 2.24. The molecule has 1 aliphatic rings. The lowest BCUT2D eigenvalue weighted by molar-refractivity contribution is -0.141. The number of likely N-dealkylation sites (N-methyl/N-ethyl adjacent to an activating group) is 1. The molecule has 0 aromatic heterocycles. The van der Waals surface area contributed by atoms with Crippen LogP contribution in [0.2, 0.25) is 0 Å². The van der Waals surface area contributed by atoms with Gasteiger partial charge in [-0.1, -0.05) is 19.3 Å². The maximum atomic E-state index is 11.8. The molecule has 5 heteroatoms. The number of amides is 1. The first-order valence-electron chi connectivity index (χ1n) is 6.23. The summed E-state index contributed by atoms with van der Waals surface area (Å²) in [5.41, 5.74) is 5.55. The quantitative estimate of drug-likeness (QED) is 0.748. The molecular formula is C12H22N2O3. The fourth-order valence-electron chi connectivity index (χ4n) is 2.41. The molecule has 3 N–H and O–H groups in total. The molecular weight excluding hydrogens is 220 g/mol. The van der Waals surface area contributed by atoms with Crippen molar-refractivity contribution in [3.05, 3.63) is 0 Å². The lowest BCUT2D eigenvalue weighted by atomic mass is 9.89. The van der Waals surface area contributed by atoms with Crippen molar-refractivity contribution < 1.29 is 14.7 Å². The van der Waals surface area contributed by atoms with Crippen LogP contribution in [0.1, 0.15) is 38.5 Å². The van der Waals surface area contributed by atoms with Gasteiger partial charge in [0.05, 0.1) is 12.5 Å². The molecule has 0 bridgehead atoms. The van der Waals surface area contributed by atoms with Crippen LogP contribution in [0.5, 0.6) is 0 Å². The maximum absolute atomic E-state index is 11.8. The second-order valence-electron chi connectivity index (χ2n) is 4.93. The standard InChI is InChI=1S/C12H22N2O3/c1-14(8-9-5-3-2-4-6-9)12(17)10(13)7-11(15)16/h9-10H,2-8,13H2,1H3,(H,15,16). The highest BCUT2D eigenvalue weighted by atomic mass is 16.4. The highest BCUT2D eigenvalue weighted by Gasteiger charge is 2.23. The largest absolute Gasteiger partial charge is 0.481 e. The summed E-state index contributed by atoms with van der Waals surface area (Å²) >= 11 is 0.